The second-order valence-corrected chi connectivity index (χ2v) is 9.32. The lowest BCUT2D eigenvalue weighted by Crippen LogP contribution is -2.38. The molecule has 2 aromatic rings. The minimum absolute atomic E-state index is 0.197. The van der Waals surface area contributed by atoms with Crippen molar-refractivity contribution in [2.24, 2.45) is 11.8 Å². The van der Waals surface area contributed by atoms with Crippen molar-refractivity contribution in [1.82, 2.24) is 9.80 Å². The van der Waals surface area contributed by atoms with Gasteiger partial charge in [0.15, 0.2) is 0 Å². The third kappa shape index (κ3) is 5.20. The molecule has 1 aromatic carbocycles. The van der Waals surface area contributed by atoms with Gasteiger partial charge in [-0.05, 0) is 41.3 Å². The van der Waals surface area contributed by atoms with E-state index in [2.05, 4.69) is 72.3 Å². The lowest BCUT2D eigenvalue weighted by atomic mass is 9.88. The first-order valence-electron chi connectivity index (χ1n) is 9.99. The van der Waals surface area contributed by atoms with E-state index >= 15 is 0 Å². The van der Waals surface area contributed by atoms with Crippen molar-refractivity contribution in [3.05, 3.63) is 57.8 Å². The van der Waals surface area contributed by atoms with Gasteiger partial charge < -0.3 is 4.90 Å². The molecule has 3 rings (SSSR count). The van der Waals surface area contributed by atoms with Gasteiger partial charge in [-0.1, -0.05) is 44.2 Å². The Morgan fingerprint density at radius 3 is 2.56 bits per heavy atom. The molecule has 0 saturated carbocycles. The topological polar surface area (TPSA) is 23.6 Å². The average molecular weight is 385 g/mol. The summed E-state index contributed by atoms with van der Waals surface area (Å²) in [6, 6.07) is 13.1. The van der Waals surface area contributed by atoms with E-state index in [0.29, 0.717) is 17.8 Å². The van der Waals surface area contributed by atoms with Crippen molar-refractivity contribution in [1.29, 1.82) is 0 Å². The Labute approximate surface area is 168 Å². The quantitative estimate of drug-likeness (QED) is 0.686. The van der Waals surface area contributed by atoms with Gasteiger partial charge in [-0.15, -0.1) is 11.3 Å². The lowest BCUT2D eigenvalue weighted by molar-refractivity contribution is -0.130. The van der Waals surface area contributed by atoms with Crippen molar-refractivity contribution in [3.8, 4) is 0 Å². The van der Waals surface area contributed by atoms with E-state index in [4.69, 9.17) is 0 Å². The van der Waals surface area contributed by atoms with Gasteiger partial charge >= 0.3 is 0 Å². The first-order valence-corrected chi connectivity index (χ1v) is 10.9. The molecule has 2 atom stereocenters. The Bertz CT molecular complexity index is 740. The van der Waals surface area contributed by atoms with Crippen LogP contribution in [0.5, 0.6) is 0 Å². The van der Waals surface area contributed by atoms with E-state index in [1.54, 1.807) is 6.92 Å². The Hall–Kier alpha value is -1.65. The van der Waals surface area contributed by atoms with Crippen LogP contribution in [-0.4, -0.2) is 41.9 Å². The summed E-state index contributed by atoms with van der Waals surface area (Å²) in [5.74, 6) is 1.66. The van der Waals surface area contributed by atoms with Crippen LogP contribution < -0.4 is 0 Å². The molecule has 4 heteroatoms. The van der Waals surface area contributed by atoms with Crippen molar-refractivity contribution < 1.29 is 4.79 Å². The molecule has 146 valence electrons. The molecule has 1 amide bonds. The maximum atomic E-state index is 12.2. The molecule has 2 heterocycles. The predicted octanol–water partition coefficient (Wildman–Crippen LogP) is 4.78. The number of carbonyl (C=O) groups excluding carboxylic acids is 1. The zero-order valence-corrected chi connectivity index (χ0v) is 17.8. The molecule has 1 aliphatic rings. The summed E-state index contributed by atoms with van der Waals surface area (Å²) in [6.07, 6.45) is 0. The minimum atomic E-state index is 0.197. The molecule has 1 aliphatic heterocycles. The zero-order chi connectivity index (χ0) is 19.4. The molecule has 0 unspecified atom stereocenters. The molecular formula is C23H32N2OS. The molecule has 3 nitrogen and oxygen atoms in total. The second kappa shape index (κ2) is 9.03. The van der Waals surface area contributed by atoms with Crippen LogP contribution in [-0.2, 0) is 11.3 Å². The van der Waals surface area contributed by atoms with Crippen LogP contribution in [0.15, 0.2) is 41.8 Å². The lowest BCUT2D eigenvalue weighted by Gasteiger charge is -2.29. The van der Waals surface area contributed by atoms with Crippen LogP contribution in [0.1, 0.15) is 42.7 Å². The fourth-order valence-corrected chi connectivity index (χ4v) is 5.12. The number of carbonyl (C=O) groups is 1. The van der Waals surface area contributed by atoms with Crippen molar-refractivity contribution >= 4 is 17.2 Å². The standard InChI is InChI=1S/C23H32N2OS/c1-17(2)12-25(19(4)26)14-21-13-24(16-23-18(3)10-11-27-23)15-22(21)20-8-6-5-7-9-20/h5-11,17,21-22H,12-16H2,1-4H3/t21-,22+/m1/s1. The second-order valence-electron chi connectivity index (χ2n) is 8.32. The largest absolute Gasteiger partial charge is 0.342 e. The molecule has 0 spiro atoms. The fraction of sp³-hybridized carbons (Fsp3) is 0.522. The number of nitrogens with zero attached hydrogens (tertiary/aromatic N) is 2. The van der Waals surface area contributed by atoms with Crippen LogP contribution in [0.4, 0.5) is 0 Å². The van der Waals surface area contributed by atoms with E-state index in [9.17, 15) is 4.79 Å². The Morgan fingerprint density at radius 2 is 1.96 bits per heavy atom. The number of hydrogen-bond acceptors (Lipinski definition) is 3. The summed E-state index contributed by atoms with van der Waals surface area (Å²) in [4.78, 5) is 18.3. The molecular weight excluding hydrogens is 352 g/mol. The number of hydrogen-bond donors (Lipinski definition) is 0. The summed E-state index contributed by atoms with van der Waals surface area (Å²) < 4.78 is 0. The monoisotopic (exact) mass is 384 g/mol. The highest BCUT2D eigenvalue weighted by Crippen LogP contribution is 2.35. The van der Waals surface area contributed by atoms with Gasteiger partial charge in [-0.2, -0.15) is 0 Å². The van der Waals surface area contributed by atoms with E-state index in [1.807, 2.05) is 11.3 Å². The van der Waals surface area contributed by atoms with Crippen molar-refractivity contribution in [2.75, 3.05) is 26.2 Å². The van der Waals surface area contributed by atoms with Crippen molar-refractivity contribution in [3.63, 3.8) is 0 Å². The highest BCUT2D eigenvalue weighted by molar-refractivity contribution is 7.10. The Kier molecular flexibility index (Phi) is 6.72. The number of amides is 1. The van der Waals surface area contributed by atoms with Gasteiger partial charge in [0.1, 0.15) is 0 Å². The smallest absolute Gasteiger partial charge is 0.219 e. The first-order chi connectivity index (χ1) is 12.9. The van der Waals surface area contributed by atoms with E-state index in [0.717, 1.165) is 32.7 Å². The molecule has 0 aliphatic carbocycles. The van der Waals surface area contributed by atoms with Gasteiger partial charge in [0, 0.05) is 50.4 Å². The normalized spacial score (nSPS) is 20.3. The number of thiophene rings is 1. The summed E-state index contributed by atoms with van der Waals surface area (Å²) in [5, 5.41) is 2.19. The van der Waals surface area contributed by atoms with Crippen LogP contribution in [0, 0.1) is 18.8 Å². The summed E-state index contributed by atoms with van der Waals surface area (Å²) in [5.41, 5.74) is 2.80. The van der Waals surface area contributed by atoms with Gasteiger partial charge in [0.2, 0.25) is 5.91 Å². The third-order valence-corrected chi connectivity index (χ3v) is 6.57. The molecule has 27 heavy (non-hydrogen) atoms. The molecule has 1 saturated heterocycles. The maximum Gasteiger partial charge on any atom is 0.219 e. The molecule has 0 bridgehead atoms. The third-order valence-electron chi connectivity index (χ3n) is 5.57. The maximum absolute atomic E-state index is 12.2. The molecule has 1 aromatic heterocycles. The zero-order valence-electron chi connectivity index (χ0n) is 17.0. The fourth-order valence-electron chi connectivity index (χ4n) is 4.18. The van der Waals surface area contributed by atoms with E-state index in [-0.39, 0.29) is 5.91 Å². The minimum Gasteiger partial charge on any atom is -0.342 e. The number of rotatable bonds is 7. The van der Waals surface area contributed by atoms with Gasteiger partial charge in [-0.25, -0.2) is 0 Å². The van der Waals surface area contributed by atoms with Gasteiger partial charge in [0.05, 0.1) is 0 Å². The molecule has 0 N–H and O–H groups in total. The Balaban J connectivity index is 1.77. The number of likely N-dealkylation sites (tertiary alicyclic amines) is 1. The van der Waals surface area contributed by atoms with Gasteiger partial charge in [0.25, 0.3) is 0 Å². The number of aryl methyl sites for hydroxylation is 1. The average Bonchev–Trinajstić information content (AvgIpc) is 3.21. The van der Waals surface area contributed by atoms with Crippen LogP contribution >= 0.6 is 11.3 Å². The van der Waals surface area contributed by atoms with E-state index < -0.39 is 0 Å². The van der Waals surface area contributed by atoms with Crippen LogP contribution in [0.2, 0.25) is 0 Å². The SMILES string of the molecule is CC(=O)N(CC(C)C)C[C@H]1CN(Cc2sccc2C)C[C@H]1c1ccccc1. The van der Waals surface area contributed by atoms with E-state index in [1.165, 1.54) is 16.0 Å². The highest BCUT2D eigenvalue weighted by atomic mass is 32.1. The summed E-state index contributed by atoms with van der Waals surface area (Å²) >= 11 is 1.86. The highest BCUT2D eigenvalue weighted by Gasteiger charge is 2.35. The summed E-state index contributed by atoms with van der Waals surface area (Å²) in [7, 11) is 0. The van der Waals surface area contributed by atoms with Gasteiger partial charge in [-0.3, -0.25) is 9.69 Å². The van der Waals surface area contributed by atoms with Crippen LogP contribution in [0.25, 0.3) is 0 Å². The predicted molar refractivity (Wildman–Crippen MR) is 114 cm³/mol. The van der Waals surface area contributed by atoms with Crippen molar-refractivity contribution in [2.45, 2.75) is 40.2 Å². The molecule has 1 fully saturated rings. The molecule has 0 radical (unpaired) electrons. The number of benzene rings is 1. The summed E-state index contributed by atoms with van der Waals surface area (Å²) in [6.45, 7) is 13.1. The van der Waals surface area contributed by atoms with Crippen LogP contribution in [0.3, 0.4) is 0 Å². The first kappa shape index (κ1) is 20.1. The Morgan fingerprint density at radius 1 is 1.22 bits per heavy atom.